The number of fused-ring (bicyclic) bond motifs is 1. The van der Waals surface area contributed by atoms with E-state index in [0.29, 0.717) is 25.0 Å². The third-order valence-corrected chi connectivity index (χ3v) is 8.81. The van der Waals surface area contributed by atoms with E-state index in [9.17, 15) is 4.21 Å². The van der Waals surface area contributed by atoms with Crippen molar-refractivity contribution >= 4 is 41.6 Å². The van der Waals surface area contributed by atoms with Gasteiger partial charge in [0.25, 0.3) is 0 Å². The number of hydrogen-bond acceptors (Lipinski definition) is 5. The molecule has 7 nitrogen and oxygen atoms in total. The van der Waals surface area contributed by atoms with Gasteiger partial charge in [-0.05, 0) is 40.9 Å². The molecular formula is C21H38ClN5O2SSi. The molecule has 2 rings (SSSR count). The van der Waals surface area contributed by atoms with Crippen LogP contribution in [-0.4, -0.2) is 75.3 Å². The minimum Gasteiger partial charge on any atom is -0.360 e. The summed E-state index contributed by atoms with van der Waals surface area (Å²) < 4.78 is 22.6. The maximum absolute atomic E-state index is 13.2. The van der Waals surface area contributed by atoms with Crippen molar-refractivity contribution < 1.29 is 8.95 Å². The summed E-state index contributed by atoms with van der Waals surface area (Å²) in [7, 11) is 3.56. The molecule has 2 heterocycles. The van der Waals surface area contributed by atoms with E-state index < -0.39 is 19.1 Å². The van der Waals surface area contributed by atoms with E-state index in [0.717, 1.165) is 22.5 Å². The lowest BCUT2D eigenvalue weighted by Gasteiger charge is -2.34. The summed E-state index contributed by atoms with van der Waals surface area (Å²) in [5.74, 6) is 0. The summed E-state index contributed by atoms with van der Waals surface area (Å²) in [5.41, 5.74) is 1.83. The van der Waals surface area contributed by atoms with Crippen LogP contribution in [0.2, 0.25) is 30.8 Å². The third kappa shape index (κ3) is 7.07. The molecule has 176 valence electrons. The molecule has 0 unspecified atom stereocenters. The van der Waals surface area contributed by atoms with Crippen LogP contribution in [0.3, 0.4) is 0 Å². The molecule has 0 saturated heterocycles. The molecule has 0 amide bonds. The Balaban J connectivity index is 2.46. The van der Waals surface area contributed by atoms with Gasteiger partial charge in [-0.3, -0.25) is 0 Å². The van der Waals surface area contributed by atoms with E-state index in [2.05, 4.69) is 34.6 Å². The molecule has 0 spiro atoms. The fourth-order valence-corrected chi connectivity index (χ4v) is 5.49. The number of nitrogens with zero attached hydrogens (tertiary/aromatic N) is 5. The number of hydrogen-bond donors (Lipinski definition) is 0. The molecule has 0 aromatic carbocycles. The molecule has 0 bridgehead atoms. The summed E-state index contributed by atoms with van der Waals surface area (Å²) in [4.78, 5) is 6.50. The number of aromatic nitrogens is 3. The van der Waals surface area contributed by atoms with Crippen LogP contribution in [0.5, 0.6) is 0 Å². The van der Waals surface area contributed by atoms with Crippen molar-refractivity contribution in [3.8, 4) is 0 Å². The van der Waals surface area contributed by atoms with Crippen molar-refractivity contribution in [2.75, 3.05) is 34.3 Å². The Labute approximate surface area is 195 Å². The second-order valence-electron chi connectivity index (χ2n) is 10.4. The molecule has 0 radical (unpaired) electrons. The Morgan fingerprint density at radius 2 is 1.87 bits per heavy atom. The van der Waals surface area contributed by atoms with Crippen LogP contribution in [-0.2, 0) is 22.5 Å². The van der Waals surface area contributed by atoms with Crippen molar-refractivity contribution in [3.63, 3.8) is 0 Å². The first-order valence-electron chi connectivity index (χ1n) is 10.6. The number of rotatable bonds is 10. The monoisotopic (exact) mass is 487 g/mol. The van der Waals surface area contributed by atoms with E-state index in [4.69, 9.17) is 16.3 Å². The van der Waals surface area contributed by atoms with E-state index in [-0.39, 0.29) is 10.8 Å². The minimum atomic E-state index is -1.20. The summed E-state index contributed by atoms with van der Waals surface area (Å²) >= 11 is 6.40. The molecule has 31 heavy (non-hydrogen) atoms. The highest BCUT2D eigenvalue weighted by Crippen LogP contribution is 2.33. The standard InChI is InChI=1S/C21H38ClN5O2SSi/c1-21(2,3)30(28)26(6)18(14-25(4)5)16-12-23-20(22)17-13-24-27(19(16)17)15-29-10-11-31(7,8)9/h12-13,18H,10-11,14-15H2,1-9H3/t18-,30+/m1/s1. The van der Waals surface area contributed by atoms with E-state index in [1.54, 1.807) is 12.4 Å². The van der Waals surface area contributed by atoms with Gasteiger partial charge in [-0.2, -0.15) is 5.10 Å². The van der Waals surface area contributed by atoms with Crippen LogP contribution < -0.4 is 0 Å². The first kappa shape index (κ1) is 26.4. The molecule has 0 aliphatic heterocycles. The maximum Gasteiger partial charge on any atom is 0.140 e. The van der Waals surface area contributed by atoms with Gasteiger partial charge in [0.2, 0.25) is 0 Å². The van der Waals surface area contributed by atoms with Gasteiger partial charge < -0.3 is 9.64 Å². The van der Waals surface area contributed by atoms with Crippen LogP contribution in [0.25, 0.3) is 10.9 Å². The lowest BCUT2D eigenvalue weighted by molar-refractivity contribution is 0.0814. The fraction of sp³-hybridized carbons (Fsp3) is 0.714. The molecule has 2 aromatic rings. The Morgan fingerprint density at radius 3 is 2.42 bits per heavy atom. The number of halogens is 1. The molecule has 0 N–H and O–H groups in total. The lowest BCUT2D eigenvalue weighted by Crippen LogP contribution is -2.41. The second-order valence-corrected chi connectivity index (χ2v) is 18.7. The number of ether oxygens (including phenoxy) is 1. The average molecular weight is 488 g/mol. The summed E-state index contributed by atoms with van der Waals surface area (Å²) in [5, 5.41) is 5.73. The third-order valence-electron chi connectivity index (χ3n) is 4.98. The van der Waals surface area contributed by atoms with Crippen LogP contribution in [0.15, 0.2) is 12.4 Å². The fourth-order valence-electron chi connectivity index (χ4n) is 3.27. The minimum absolute atomic E-state index is 0.153. The van der Waals surface area contributed by atoms with Crippen molar-refractivity contribution in [2.24, 2.45) is 0 Å². The van der Waals surface area contributed by atoms with Crippen molar-refractivity contribution in [1.29, 1.82) is 0 Å². The number of pyridine rings is 1. The first-order chi connectivity index (χ1) is 14.2. The van der Waals surface area contributed by atoms with Gasteiger partial charge in [0.15, 0.2) is 0 Å². The molecule has 10 heteroatoms. The Kier molecular flexibility index (Phi) is 8.86. The van der Waals surface area contributed by atoms with Crippen molar-refractivity contribution in [3.05, 3.63) is 23.1 Å². The van der Waals surface area contributed by atoms with Crippen LogP contribution in [0.1, 0.15) is 32.4 Å². The van der Waals surface area contributed by atoms with Gasteiger partial charge in [-0.25, -0.2) is 18.2 Å². The topological polar surface area (TPSA) is 63.5 Å². The van der Waals surface area contributed by atoms with Gasteiger partial charge in [0.1, 0.15) is 22.9 Å². The molecular weight excluding hydrogens is 450 g/mol. The smallest absolute Gasteiger partial charge is 0.140 e. The molecule has 2 atom stereocenters. The Morgan fingerprint density at radius 1 is 1.23 bits per heavy atom. The second kappa shape index (κ2) is 10.4. The Hall–Kier alpha value is -0.843. The largest absolute Gasteiger partial charge is 0.360 e. The highest BCUT2D eigenvalue weighted by Gasteiger charge is 2.32. The zero-order valence-corrected chi connectivity index (χ0v) is 23.0. The summed E-state index contributed by atoms with van der Waals surface area (Å²) in [6.07, 6.45) is 3.53. The zero-order chi connectivity index (χ0) is 23.6. The zero-order valence-electron chi connectivity index (χ0n) is 20.4. The first-order valence-corrected chi connectivity index (χ1v) is 15.8. The predicted molar refractivity (Wildman–Crippen MR) is 134 cm³/mol. The van der Waals surface area contributed by atoms with E-state index in [1.165, 1.54) is 0 Å². The van der Waals surface area contributed by atoms with E-state index in [1.807, 2.05) is 50.9 Å². The van der Waals surface area contributed by atoms with Crippen LogP contribution in [0.4, 0.5) is 0 Å². The SMILES string of the molecule is CN(C)C[C@H](c1cnc(Cl)c2cnn(COCC[Si](C)(C)C)c12)N(C)[S@@](=O)C(C)(C)C. The maximum atomic E-state index is 13.2. The van der Waals surface area contributed by atoms with Gasteiger partial charge in [0, 0.05) is 40.0 Å². The summed E-state index contributed by atoms with van der Waals surface area (Å²) in [6.45, 7) is 14.7. The van der Waals surface area contributed by atoms with Crippen molar-refractivity contribution in [2.45, 2.75) is 64.0 Å². The molecule has 2 aromatic heterocycles. The predicted octanol–water partition coefficient (Wildman–Crippen LogP) is 4.39. The average Bonchev–Trinajstić information content (AvgIpc) is 3.06. The normalized spacial score (nSPS) is 15.2. The summed E-state index contributed by atoms with van der Waals surface area (Å²) in [6, 6.07) is 0.942. The Bertz CT molecular complexity index is 908. The quantitative estimate of drug-likeness (QED) is 0.282. The molecule has 0 aliphatic rings. The van der Waals surface area contributed by atoms with Gasteiger partial charge in [-0.15, -0.1) is 0 Å². The number of likely N-dealkylation sites (N-methyl/N-ethyl adjacent to an activating group) is 2. The highest BCUT2D eigenvalue weighted by molar-refractivity contribution is 7.84. The molecule has 0 saturated carbocycles. The van der Waals surface area contributed by atoms with Crippen molar-refractivity contribution in [1.82, 2.24) is 24.0 Å². The van der Waals surface area contributed by atoms with Gasteiger partial charge in [0.05, 0.1) is 27.9 Å². The van der Waals surface area contributed by atoms with Gasteiger partial charge in [-0.1, -0.05) is 31.2 Å². The molecule has 0 fully saturated rings. The van der Waals surface area contributed by atoms with Gasteiger partial charge >= 0.3 is 0 Å². The van der Waals surface area contributed by atoms with Crippen LogP contribution >= 0.6 is 11.6 Å². The molecule has 0 aliphatic carbocycles. The van der Waals surface area contributed by atoms with Crippen LogP contribution in [0, 0.1) is 0 Å². The highest BCUT2D eigenvalue weighted by atomic mass is 35.5. The lowest BCUT2D eigenvalue weighted by atomic mass is 10.1. The van der Waals surface area contributed by atoms with E-state index >= 15 is 0 Å².